The van der Waals surface area contributed by atoms with Crippen LogP contribution in [0, 0.1) is 5.82 Å². The van der Waals surface area contributed by atoms with Gasteiger partial charge in [-0.2, -0.15) is 0 Å². The lowest BCUT2D eigenvalue weighted by molar-refractivity contribution is -0.149. The smallest absolute Gasteiger partial charge is 0.325 e. The average Bonchev–Trinajstić information content (AvgIpc) is 3.43. The second-order valence-electron chi connectivity index (χ2n) is 11.0. The van der Waals surface area contributed by atoms with Gasteiger partial charge in [0.25, 0.3) is 0 Å². The standard InChI is InChI=1S/C32H33FN4O8S/c33-24-12-5-4-10-22(24)28-26(46(43,44)21-8-2-1-3-9-21)19-25(30(39)36-14-17-45-18-15-36)37(28)29(31(40)41)23-11-6-7-20(13-16-38)27(23)35-32(34)42/h1-12,16,25-26,28-29H,13-15,17-19H2,(H,40,41)(H3,34,35,42). The van der Waals surface area contributed by atoms with Gasteiger partial charge in [0.15, 0.2) is 9.84 Å². The number of para-hydroxylation sites is 1. The van der Waals surface area contributed by atoms with Crippen LogP contribution in [-0.2, 0) is 35.4 Å². The monoisotopic (exact) mass is 652 g/mol. The lowest BCUT2D eigenvalue weighted by Crippen LogP contribution is -2.52. The van der Waals surface area contributed by atoms with Gasteiger partial charge < -0.3 is 30.6 Å². The first-order valence-electron chi connectivity index (χ1n) is 14.6. The number of carbonyl (C=O) groups excluding carboxylic acids is 3. The number of carboxylic acid groups (broad SMARTS) is 1. The van der Waals surface area contributed by atoms with E-state index in [4.69, 9.17) is 10.5 Å². The fourth-order valence-corrected chi connectivity index (χ4v) is 8.33. The first-order valence-corrected chi connectivity index (χ1v) is 16.1. The van der Waals surface area contributed by atoms with E-state index in [1.54, 1.807) is 6.07 Å². The van der Waals surface area contributed by atoms with Crippen molar-refractivity contribution in [1.82, 2.24) is 9.80 Å². The van der Waals surface area contributed by atoms with Crippen LogP contribution in [0.4, 0.5) is 14.9 Å². The summed E-state index contributed by atoms with van der Waals surface area (Å²) in [6.07, 6.45) is -0.0111. The number of aldehydes is 1. The van der Waals surface area contributed by atoms with E-state index < -0.39 is 56.9 Å². The number of carboxylic acids is 1. The number of carbonyl (C=O) groups is 4. The number of benzene rings is 3. The maximum atomic E-state index is 15.8. The lowest BCUT2D eigenvalue weighted by Gasteiger charge is -2.39. The maximum absolute atomic E-state index is 15.8. The molecule has 12 nitrogen and oxygen atoms in total. The van der Waals surface area contributed by atoms with E-state index in [1.165, 1.54) is 70.5 Å². The summed E-state index contributed by atoms with van der Waals surface area (Å²) in [4.78, 5) is 53.9. The van der Waals surface area contributed by atoms with Gasteiger partial charge in [-0.15, -0.1) is 0 Å². The van der Waals surface area contributed by atoms with E-state index in [0.717, 1.165) is 6.07 Å². The molecular weight excluding hydrogens is 619 g/mol. The summed E-state index contributed by atoms with van der Waals surface area (Å²) < 4.78 is 49.8. The van der Waals surface area contributed by atoms with Crippen LogP contribution in [0.2, 0.25) is 0 Å². The molecule has 0 aromatic heterocycles. The zero-order valence-corrected chi connectivity index (χ0v) is 25.4. The summed E-state index contributed by atoms with van der Waals surface area (Å²) in [5, 5.41) is 11.8. The molecule has 4 atom stereocenters. The van der Waals surface area contributed by atoms with Crippen molar-refractivity contribution >= 4 is 39.7 Å². The molecule has 2 aliphatic rings. The minimum atomic E-state index is -4.30. The van der Waals surface area contributed by atoms with Crippen molar-refractivity contribution in [2.45, 2.75) is 41.1 Å². The van der Waals surface area contributed by atoms with Crippen LogP contribution >= 0.6 is 0 Å². The highest BCUT2D eigenvalue weighted by molar-refractivity contribution is 7.92. The highest BCUT2D eigenvalue weighted by atomic mass is 32.2. The van der Waals surface area contributed by atoms with Crippen LogP contribution in [0.3, 0.4) is 0 Å². The van der Waals surface area contributed by atoms with Crippen LogP contribution in [0.5, 0.6) is 0 Å². The number of aliphatic carboxylic acids is 1. The average molecular weight is 653 g/mol. The normalized spacial score (nSPS) is 21.0. The second-order valence-corrected chi connectivity index (χ2v) is 13.1. The molecule has 2 saturated heterocycles. The fraction of sp³-hybridized carbons (Fsp3) is 0.312. The third-order valence-electron chi connectivity index (χ3n) is 8.35. The zero-order chi connectivity index (χ0) is 33.0. The maximum Gasteiger partial charge on any atom is 0.325 e. The molecule has 14 heteroatoms. The molecule has 2 heterocycles. The number of hydrogen-bond acceptors (Lipinski definition) is 8. The zero-order valence-electron chi connectivity index (χ0n) is 24.6. The number of nitrogens with zero attached hydrogens (tertiary/aromatic N) is 2. The molecule has 0 bridgehead atoms. The Balaban J connectivity index is 1.79. The highest BCUT2D eigenvalue weighted by Crippen LogP contribution is 2.49. The SMILES string of the molecule is NC(=O)Nc1c(CC=O)cccc1C(C(=O)O)N1C(C(=O)N2CCOCC2)CC(S(=O)(=O)c2ccccc2)C1c1ccccc1F. The number of ether oxygens (including phenoxy) is 1. The molecule has 3 aromatic carbocycles. The van der Waals surface area contributed by atoms with Crippen LogP contribution in [0.25, 0.3) is 0 Å². The largest absolute Gasteiger partial charge is 0.480 e. The van der Waals surface area contributed by atoms with E-state index in [-0.39, 0.29) is 66.4 Å². The molecule has 2 fully saturated rings. The Morgan fingerprint density at radius 2 is 1.70 bits per heavy atom. The first kappa shape index (κ1) is 32.7. The van der Waals surface area contributed by atoms with Gasteiger partial charge in [0.2, 0.25) is 5.91 Å². The van der Waals surface area contributed by atoms with E-state index in [9.17, 15) is 32.7 Å². The van der Waals surface area contributed by atoms with Crippen molar-refractivity contribution < 1.29 is 41.8 Å². The quantitative estimate of drug-likeness (QED) is 0.278. The predicted molar refractivity (Wildman–Crippen MR) is 164 cm³/mol. The number of urea groups is 1. The van der Waals surface area contributed by atoms with Crippen molar-refractivity contribution in [2.24, 2.45) is 5.73 Å². The molecule has 5 rings (SSSR count). The molecule has 46 heavy (non-hydrogen) atoms. The molecule has 0 spiro atoms. The van der Waals surface area contributed by atoms with Crippen molar-refractivity contribution in [2.75, 3.05) is 31.6 Å². The number of nitrogens with one attached hydrogen (secondary N) is 1. The van der Waals surface area contributed by atoms with Crippen molar-refractivity contribution in [1.29, 1.82) is 0 Å². The van der Waals surface area contributed by atoms with Gasteiger partial charge in [0.05, 0.1) is 41.1 Å². The number of nitrogens with two attached hydrogens (primary N) is 1. The number of rotatable bonds is 10. The van der Waals surface area contributed by atoms with Gasteiger partial charge in [0.1, 0.15) is 18.1 Å². The molecular formula is C32H33FN4O8S. The van der Waals surface area contributed by atoms with E-state index >= 15 is 4.39 Å². The molecule has 0 aliphatic carbocycles. The summed E-state index contributed by atoms with van der Waals surface area (Å²) >= 11 is 0. The Kier molecular flexibility index (Phi) is 9.79. The van der Waals surface area contributed by atoms with Crippen LogP contribution < -0.4 is 11.1 Å². The molecule has 0 radical (unpaired) electrons. The second kappa shape index (κ2) is 13.8. The Bertz CT molecular complexity index is 1730. The number of hydrogen-bond donors (Lipinski definition) is 3. The van der Waals surface area contributed by atoms with Crippen LogP contribution in [-0.4, -0.2) is 85.1 Å². The van der Waals surface area contributed by atoms with Gasteiger partial charge in [0, 0.05) is 30.6 Å². The third kappa shape index (κ3) is 6.36. The van der Waals surface area contributed by atoms with Gasteiger partial charge in [-0.25, -0.2) is 17.6 Å². The third-order valence-corrected chi connectivity index (χ3v) is 10.5. The molecule has 3 aromatic rings. The van der Waals surface area contributed by atoms with Gasteiger partial charge in [-0.05, 0) is 30.2 Å². The summed E-state index contributed by atoms with van der Waals surface area (Å²) in [6.45, 7) is 0.822. The van der Waals surface area contributed by atoms with Crippen LogP contribution in [0.15, 0.2) is 77.7 Å². The minimum Gasteiger partial charge on any atom is -0.480 e. The molecule has 2 aliphatic heterocycles. The topological polar surface area (TPSA) is 176 Å². The summed E-state index contributed by atoms with van der Waals surface area (Å²) in [5.74, 6) is -2.84. The first-order chi connectivity index (χ1) is 22.1. The molecule has 242 valence electrons. The Labute approximate surface area is 264 Å². The Hall–Kier alpha value is -4.66. The highest BCUT2D eigenvalue weighted by Gasteiger charge is 2.56. The summed E-state index contributed by atoms with van der Waals surface area (Å²) in [5.41, 5.74) is 5.42. The van der Waals surface area contributed by atoms with Gasteiger partial charge >= 0.3 is 12.0 Å². The Morgan fingerprint density at radius 1 is 1.02 bits per heavy atom. The van der Waals surface area contributed by atoms with Crippen molar-refractivity contribution in [3.8, 4) is 0 Å². The molecule has 4 unspecified atom stereocenters. The summed E-state index contributed by atoms with van der Waals surface area (Å²) in [6, 6.07) is 11.6. The van der Waals surface area contributed by atoms with Gasteiger partial charge in [-0.1, -0.05) is 54.6 Å². The number of amides is 3. The van der Waals surface area contributed by atoms with Crippen molar-refractivity contribution in [3.63, 3.8) is 0 Å². The number of sulfone groups is 1. The number of likely N-dealkylation sites (tertiary alicyclic amines) is 1. The molecule has 4 N–H and O–H groups in total. The number of halogens is 1. The Morgan fingerprint density at radius 3 is 2.33 bits per heavy atom. The van der Waals surface area contributed by atoms with E-state index in [1.807, 2.05) is 0 Å². The van der Waals surface area contributed by atoms with Crippen LogP contribution in [0.1, 0.15) is 35.2 Å². The van der Waals surface area contributed by atoms with Gasteiger partial charge in [-0.3, -0.25) is 14.5 Å². The minimum absolute atomic E-state index is 0.0653. The molecule has 0 saturated carbocycles. The number of morpholine rings is 1. The lowest BCUT2D eigenvalue weighted by atomic mass is 9.95. The van der Waals surface area contributed by atoms with E-state index in [2.05, 4.69) is 5.32 Å². The molecule has 3 amide bonds. The summed E-state index contributed by atoms with van der Waals surface area (Å²) in [7, 11) is -4.30. The number of primary amides is 1. The fourth-order valence-electron chi connectivity index (χ4n) is 6.38. The van der Waals surface area contributed by atoms with Crippen molar-refractivity contribution in [3.05, 3.63) is 95.3 Å². The predicted octanol–water partition coefficient (Wildman–Crippen LogP) is 2.70. The van der Waals surface area contributed by atoms with E-state index in [0.29, 0.717) is 6.29 Å². The number of anilines is 1.